The normalized spacial score (nSPS) is 10.6. The minimum atomic E-state index is -1.02. The van der Waals surface area contributed by atoms with Crippen LogP contribution in [-0.4, -0.2) is 22.0 Å². The van der Waals surface area contributed by atoms with Crippen molar-refractivity contribution < 1.29 is 23.8 Å². The van der Waals surface area contributed by atoms with Gasteiger partial charge in [0.15, 0.2) is 0 Å². The molecule has 0 atom stereocenters. The quantitative estimate of drug-likeness (QED) is 0.231. The molecule has 1 amide bonds. The van der Waals surface area contributed by atoms with Crippen LogP contribution in [0.1, 0.15) is 26.3 Å². The van der Waals surface area contributed by atoms with E-state index in [0.29, 0.717) is 17.1 Å². The molecule has 0 saturated heterocycles. The summed E-state index contributed by atoms with van der Waals surface area (Å²) in [6.07, 6.45) is 3.47. The van der Waals surface area contributed by atoms with Crippen molar-refractivity contribution in [2.75, 3.05) is 0 Å². The number of hydrogen-bond acceptors (Lipinski definition) is 4. The number of carbonyl (C=O) groups excluding carboxylic acids is 1. The van der Waals surface area contributed by atoms with Crippen LogP contribution in [0.15, 0.2) is 116 Å². The molecule has 1 aromatic heterocycles. The average molecular weight is 519 g/mol. The van der Waals surface area contributed by atoms with E-state index in [-0.39, 0.29) is 18.0 Å². The van der Waals surface area contributed by atoms with Crippen molar-refractivity contribution in [2.45, 2.75) is 6.54 Å². The van der Waals surface area contributed by atoms with Crippen LogP contribution in [0.3, 0.4) is 0 Å². The standard InChI is InChI=1S/C32H23FN2O4/c33-27-9-11-28(12-10-27)39-30-13-8-26(25-3-1-2-24(18-25)22-14-16-34-17-15-22)19-29(30)31(36)35-20-21-4-6-23(7-5-21)32(37)38/h1-19H,20H2,(H,35,36)(H,37,38). The fraction of sp³-hybridized carbons (Fsp3) is 0.0312. The predicted octanol–water partition coefficient (Wildman–Crippen LogP) is 6.98. The van der Waals surface area contributed by atoms with E-state index in [1.54, 1.807) is 36.7 Å². The predicted molar refractivity (Wildman–Crippen MR) is 146 cm³/mol. The fourth-order valence-electron chi connectivity index (χ4n) is 4.07. The number of halogens is 1. The van der Waals surface area contributed by atoms with Crippen molar-refractivity contribution in [1.82, 2.24) is 10.3 Å². The third-order valence-electron chi connectivity index (χ3n) is 6.13. The summed E-state index contributed by atoms with van der Waals surface area (Å²) in [7, 11) is 0. The molecule has 1 heterocycles. The van der Waals surface area contributed by atoms with Crippen LogP contribution in [0, 0.1) is 5.82 Å². The van der Waals surface area contributed by atoms with Gasteiger partial charge in [0.05, 0.1) is 11.1 Å². The zero-order valence-corrected chi connectivity index (χ0v) is 20.7. The highest BCUT2D eigenvalue weighted by Gasteiger charge is 2.16. The number of carbonyl (C=O) groups is 2. The maximum Gasteiger partial charge on any atom is 0.335 e. The summed E-state index contributed by atoms with van der Waals surface area (Å²) in [5.74, 6) is -1.07. The van der Waals surface area contributed by atoms with Gasteiger partial charge >= 0.3 is 5.97 Å². The summed E-state index contributed by atoms with van der Waals surface area (Å²) in [6.45, 7) is 0.191. The third-order valence-corrected chi connectivity index (χ3v) is 6.13. The number of benzene rings is 4. The maximum absolute atomic E-state index is 13.4. The summed E-state index contributed by atoms with van der Waals surface area (Å²) in [4.78, 5) is 28.6. The molecule has 192 valence electrons. The second-order valence-corrected chi connectivity index (χ2v) is 8.77. The Bertz CT molecular complexity index is 1620. The second kappa shape index (κ2) is 11.4. The fourth-order valence-corrected chi connectivity index (χ4v) is 4.07. The Hall–Kier alpha value is -5.30. The Labute approximate surface area is 224 Å². The molecule has 0 spiro atoms. The molecular weight excluding hydrogens is 495 g/mol. The maximum atomic E-state index is 13.4. The van der Waals surface area contributed by atoms with Gasteiger partial charge < -0.3 is 15.2 Å². The van der Waals surface area contributed by atoms with E-state index >= 15 is 0 Å². The lowest BCUT2D eigenvalue weighted by atomic mass is 9.98. The van der Waals surface area contributed by atoms with Crippen molar-refractivity contribution >= 4 is 11.9 Å². The molecule has 0 fully saturated rings. The van der Waals surface area contributed by atoms with Gasteiger partial charge in [-0.15, -0.1) is 0 Å². The average Bonchev–Trinajstić information content (AvgIpc) is 2.98. The summed E-state index contributed by atoms with van der Waals surface area (Å²) in [5, 5.41) is 12.0. The van der Waals surface area contributed by atoms with Crippen molar-refractivity contribution in [2.24, 2.45) is 0 Å². The molecule has 0 radical (unpaired) electrons. The Morgan fingerprint density at radius 2 is 1.44 bits per heavy atom. The van der Waals surface area contributed by atoms with E-state index in [1.165, 1.54) is 36.4 Å². The zero-order valence-electron chi connectivity index (χ0n) is 20.7. The molecule has 0 aliphatic heterocycles. The number of ether oxygens (including phenoxy) is 1. The first-order valence-electron chi connectivity index (χ1n) is 12.1. The van der Waals surface area contributed by atoms with Gasteiger partial charge in [0, 0.05) is 18.9 Å². The molecule has 5 rings (SSSR count). The molecule has 6 nitrogen and oxygen atoms in total. The van der Waals surface area contributed by atoms with Gasteiger partial charge in [-0.1, -0.05) is 36.4 Å². The lowest BCUT2D eigenvalue weighted by Crippen LogP contribution is -2.23. The largest absolute Gasteiger partial charge is 0.478 e. The molecule has 7 heteroatoms. The van der Waals surface area contributed by atoms with Gasteiger partial charge in [-0.3, -0.25) is 9.78 Å². The Morgan fingerprint density at radius 3 is 2.13 bits per heavy atom. The van der Waals surface area contributed by atoms with Crippen molar-refractivity contribution in [3.05, 3.63) is 138 Å². The van der Waals surface area contributed by atoms with Gasteiger partial charge in [-0.25, -0.2) is 9.18 Å². The third kappa shape index (κ3) is 6.17. The highest BCUT2D eigenvalue weighted by molar-refractivity contribution is 5.98. The van der Waals surface area contributed by atoms with Gasteiger partial charge in [0.25, 0.3) is 5.91 Å². The summed E-state index contributed by atoms with van der Waals surface area (Å²) >= 11 is 0. The first-order chi connectivity index (χ1) is 19.0. The number of rotatable bonds is 8. The molecule has 4 aromatic carbocycles. The minimum absolute atomic E-state index is 0.168. The van der Waals surface area contributed by atoms with Crippen molar-refractivity contribution in [1.29, 1.82) is 0 Å². The van der Waals surface area contributed by atoms with E-state index in [0.717, 1.165) is 27.8 Å². The molecule has 0 unspecified atom stereocenters. The van der Waals surface area contributed by atoms with Crippen LogP contribution in [-0.2, 0) is 6.54 Å². The van der Waals surface area contributed by atoms with Crippen LogP contribution >= 0.6 is 0 Å². The lowest BCUT2D eigenvalue weighted by Gasteiger charge is -2.14. The van der Waals surface area contributed by atoms with Gasteiger partial charge in [-0.2, -0.15) is 0 Å². The molecule has 0 bridgehead atoms. The van der Waals surface area contributed by atoms with Crippen LogP contribution < -0.4 is 10.1 Å². The Kier molecular flexibility index (Phi) is 7.41. The van der Waals surface area contributed by atoms with Crippen LogP contribution in [0.4, 0.5) is 4.39 Å². The number of hydrogen-bond donors (Lipinski definition) is 2. The van der Waals surface area contributed by atoms with Crippen molar-refractivity contribution in [3.8, 4) is 33.8 Å². The highest BCUT2D eigenvalue weighted by atomic mass is 19.1. The number of pyridine rings is 1. The van der Waals surface area contributed by atoms with E-state index in [1.807, 2.05) is 42.5 Å². The summed E-state index contributed by atoms with van der Waals surface area (Å²) in [6, 6.07) is 29.0. The number of nitrogens with zero attached hydrogens (tertiary/aromatic N) is 1. The topological polar surface area (TPSA) is 88.5 Å². The van der Waals surface area contributed by atoms with Gasteiger partial charge in [0.1, 0.15) is 17.3 Å². The van der Waals surface area contributed by atoms with Crippen LogP contribution in [0.5, 0.6) is 11.5 Å². The highest BCUT2D eigenvalue weighted by Crippen LogP contribution is 2.32. The molecular formula is C32H23FN2O4. The van der Waals surface area contributed by atoms with Crippen LogP contribution in [0.25, 0.3) is 22.3 Å². The van der Waals surface area contributed by atoms with Gasteiger partial charge in [0.2, 0.25) is 0 Å². The molecule has 0 aliphatic rings. The Morgan fingerprint density at radius 1 is 0.769 bits per heavy atom. The minimum Gasteiger partial charge on any atom is -0.478 e. The SMILES string of the molecule is O=C(O)c1ccc(CNC(=O)c2cc(-c3cccc(-c4ccncc4)c3)ccc2Oc2ccc(F)cc2)cc1. The molecule has 39 heavy (non-hydrogen) atoms. The monoisotopic (exact) mass is 518 g/mol. The van der Waals surface area contributed by atoms with Gasteiger partial charge in [-0.05, 0) is 94.5 Å². The number of carboxylic acid groups (broad SMARTS) is 1. The van der Waals surface area contributed by atoms with E-state index < -0.39 is 11.8 Å². The molecule has 0 aliphatic carbocycles. The molecule has 0 saturated carbocycles. The number of aromatic nitrogens is 1. The molecule has 2 N–H and O–H groups in total. The Balaban J connectivity index is 1.45. The first kappa shape index (κ1) is 25.4. The van der Waals surface area contributed by atoms with Crippen molar-refractivity contribution in [3.63, 3.8) is 0 Å². The number of nitrogens with one attached hydrogen (secondary N) is 1. The second-order valence-electron chi connectivity index (χ2n) is 8.77. The lowest BCUT2D eigenvalue weighted by molar-refractivity contribution is 0.0696. The first-order valence-corrected chi connectivity index (χ1v) is 12.1. The number of aromatic carboxylic acids is 1. The molecule has 5 aromatic rings. The summed E-state index contributed by atoms with van der Waals surface area (Å²) < 4.78 is 19.4. The summed E-state index contributed by atoms with van der Waals surface area (Å²) in [5.41, 5.74) is 4.97. The van der Waals surface area contributed by atoms with E-state index in [4.69, 9.17) is 9.84 Å². The number of amides is 1. The smallest absolute Gasteiger partial charge is 0.335 e. The van der Waals surface area contributed by atoms with E-state index in [9.17, 15) is 14.0 Å². The van der Waals surface area contributed by atoms with E-state index in [2.05, 4.69) is 10.3 Å². The van der Waals surface area contributed by atoms with Crippen LogP contribution in [0.2, 0.25) is 0 Å². The zero-order chi connectivity index (χ0) is 27.2. The number of carboxylic acids is 1.